The van der Waals surface area contributed by atoms with Gasteiger partial charge in [0, 0.05) is 10.9 Å². The Morgan fingerprint density at radius 3 is 2.34 bits per heavy atom. The molecule has 35 heavy (non-hydrogen) atoms. The highest BCUT2D eigenvalue weighted by Crippen LogP contribution is 2.38. The number of imide groups is 1. The summed E-state index contributed by atoms with van der Waals surface area (Å²) in [6, 6.07) is 12.7. The van der Waals surface area contributed by atoms with Crippen LogP contribution in [-0.2, 0) is 22.4 Å². The molecule has 3 aromatic rings. The van der Waals surface area contributed by atoms with Gasteiger partial charge in [-0.1, -0.05) is 30.3 Å². The van der Waals surface area contributed by atoms with E-state index in [9.17, 15) is 19.2 Å². The maximum Gasteiger partial charge on any atom is 0.341 e. The predicted octanol–water partition coefficient (Wildman–Crippen LogP) is 4.71. The summed E-state index contributed by atoms with van der Waals surface area (Å²) < 4.78 is 5.29. The molecule has 2 aromatic carbocycles. The fourth-order valence-corrected chi connectivity index (χ4v) is 5.64. The van der Waals surface area contributed by atoms with Gasteiger partial charge < -0.3 is 10.1 Å². The number of carbonyl (C=O) groups is 4. The van der Waals surface area contributed by atoms with Crippen LogP contribution in [0.4, 0.5) is 5.00 Å². The van der Waals surface area contributed by atoms with Gasteiger partial charge in [-0.3, -0.25) is 19.3 Å². The standard InChI is InChI=1S/C27H24N2O5S/c1-2-34-27(33)23-21(18-12-11-16-7-3-4-8-17(16)13-18)15-35-24(23)28-22(30)14-29-25(31)19-9-5-6-10-20(19)26(29)32/h5-6,9-13,15H,2-4,7-8,14H2,1H3,(H,28,30). The van der Waals surface area contributed by atoms with Crippen molar-refractivity contribution in [1.29, 1.82) is 0 Å². The largest absolute Gasteiger partial charge is 0.462 e. The Hall–Kier alpha value is -3.78. The fraction of sp³-hybridized carbons (Fsp3) is 0.259. The van der Waals surface area contributed by atoms with Crippen molar-refractivity contribution in [3.05, 3.63) is 75.7 Å². The number of benzene rings is 2. The third-order valence-corrected chi connectivity index (χ3v) is 7.26. The van der Waals surface area contributed by atoms with Crippen molar-refractivity contribution in [2.45, 2.75) is 32.6 Å². The lowest BCUT2D eigenvalue weighted by molar-refractivity contribution is -0.116. The van der Waals surface area contributed by atoms with Crippen LogP contribution >= 0.6 is 11.3 Å². The molecule has 0 bridgehead atoms. The van der Waals surface area contributed by atoms with Crippen LogP contribution in [0.15, 0.2) is 47.8 Å². The molecule has 1 aromatic heterocycles. The zero-order chi connectivity index (χ0) is 24.5. The maximum absolute atomic E-state index is 12.9. The van der Waals surface area contributed by atoms with Crippen LogP contribution in [0.25, 0.3) is 11.1 Å². The molecule has 7 nitrogen and oxygen atoms in total. The molecule has 0 unspecified atom stereocenters. The van der Waals surface area contributed by atoms with E-state index in [1.54, 1.807) is 31.2 Å². The van der Waals surface area contributed by atoms with E-state index in [4.69, 9.17) is 4.74 Å². The number of thiophene rings is 1. The summed E-state index contributed by atoms with van der Waals surface area (Å²) in [4.78, 5) is 51.9. The van der Waals surface area contributed by atoms with Gasteiger partial charge in [-0.2, -0.15) is 0 Å². The number of ether oxygens (including phenoxy) is 1. The van der Waals surface area contributed by atoms with Crippen LogP contribution in [0.2, 0.25) is 0 Å². The number of rotatable bonds is 6. The van der Waals surface area contributed by atoms with Crippen molar-refractivity contribution >= 4 is 40.0 Å². The van der Waals surface area contributed by atoms with Gasteiger partial charge in [0.15, 0.2) is 0 Å². The van der Waals surface area contributed by atoms with Crippen molar-refractivity contribution in [3.63, 3.8) is 0 Å². The van der Waals surface area contributed by atoms with Gasteiger partial charge in [0.05, 0.1) is 17.7 Å². The molecular weight excluding hydrogens is 464 g/mol. The third-order valence-electron chi connectivity index (χ3n) is 6.36. The normalized spacial score (nSPS) is 14.5. The molecule has 0 fully saturated rings. The average molecular weight is 489 g/mol. The molecule has 178 valence electrons. The Labute approximate surface area is 206 Å². The molecular formula is C27H24N2O5S. The minimum Gasteiger partial charge on any atom is -0.462 e. The summed E-state index contributed by atoms with van der Waals surface area (Å²) in [6.07, 6.45) is 4.39. The Balaban J connectivity index is 1.41. The second kappa shape index (κ2) is 9.46. The molecule has 0 saturated heterocycles. The summed E-state index contributed by atoms with van der Waals surface area (Å²) >= 11 is 1.22. The Morgan fingerprint density at radius 1 is 0.971 bits per heavy atom. The molecule has 0 radical (unpaired) electrons. The second-order valence-corrected chi connectivity index (χ2v) is 9.43. The fourth-order valence-electron chi connectivity index (χ4n) is 4.66. The van der Waals surface area contributed by atoms with Crippen LogP contribution in [0.5, 0.6) is 0 Å². The molecule has 5 rings (SSSR count). The maximum atomic E-state index is 12.9. The Bertz CT molecular complexity index is 1320. The minimum absolute atomic E-state index is 0.195. The number of aryl methyl sites for hydroxylation is 2. The number of hydrogen-bond acceptors (Lipinski definition) is 6. The highest BCUT2D eigenvalue weighted by atomic mass is 32.1. The van der Waals surface area contributed by atoms with Crippen LogP contribution in [0.3, 0.4) is 0 Å². The molecule has 0 saturated carbocycles. The van der Waals surface area contributed by atoms with Crippen LogP contribution in [-0.4, -0.2) is 41.7 Å². The van der Waals surface area contributed by atoms with Gasteiger partial charge in [-0.05, 0) is 61.4 Å². The van der Waals surface area contributed by atoms with E-state index in [0.29, 0.717) is 10.6 Å². The summed E-state index contributed by atoms with van der Waals surface area (Å²) in [5.41, 5.74) is 5.05. The monoisotopic (exact) mass is 488 g/mol. The zero-order valence-electron chi connectivity index (χ0n) is 19.3. The van der Waals surface area contributed by atoms with Gasteiger partial charge in [0.1, 0.15) is 17.1 Å². The molecule has 0 spiro atoms. The number of carbonyl (C=O) groups excluding carboxylic acids is 4. The van der Waals surface area contributed by atoms with Crippen molar-refractivity contribution < 1.29 is 23.9 Å². The summed E-state index contributed by atoms with van der Waals surface area (Å²) in [5.74, 6) is -2.11. The smallest absolute Gasteiger partial charge is 0.341 e. The van der Waals surface area contributed by atoms with Crippen molar-refractivity contribution in [3.8, 4) is 11.1 Å². The number of anilines is 1. The lowest BCUT2D eigenvalue weighted by Gasteiger charge is -2.17. The molecule has 1 aliphatic heterocycles. The second-order valence-electron chi connectivity index (χ2n) is 8.55. The molecule has 2 aliphatic rings. The van der Waals surface area contributed by atoms with Gasteiger partial charge in [0.25, 0.3) is 11.8 Å². The van der Waals surface area contributed by atoms with Crippen LogP contribution < -0.4 is 5.32 Å². The molecule has 1 aliphatic carbocycles. The highest BCUT2D eigenvalue weighted by molar-refractivity contribution is 7.15. The first-order chi connectivity index (χ1) is 17.0. The SMILES string of the molecule is CCOC(=O)c1c(-c2ccc3c(c2)CCCC3)csc1NC(=O)CN1C(=O)c2ccccc2C1=O. The number of amides is 3. The lowest BCUT2D eigenvalue weighted by Crippen LogP contribution is -2.37. The quantitative estimate of drug-likeness (QED) is 0.401. The van der Waals surface area contributed by atoms with Gasteiger partial charge in [-0.25, -0.2) is 4.79 Å². The molecule has 1 N–H and O–H groups in total. The zero-order valence-corrected chi connectivity index (χ0v) is 20.1. The first-order valence-corrected chi connectivity index (χ1v) is 12.5. The first kappa shape index (κ1) is 23.0. The van der Waals surface area contributed by atoms with Crippen LogP contribution in [0.1, 0.15) is 62.0 Å². The minimum atomic E-state index is -0.566. The number of fused-ring (bicyclic) bond motifs is 2. The summed E-state index contributed by atoms with van der Waals surface area (Å²) in [6.45, 7) is 1.48. The van der Waals surface area contributed by atoms with E-state index in [-0.39, 0.29) is 23.3 Å². The molecule has 3 amide bonds. The summed E-state index contributed by atoms with van der Waals surface area (Å²) in [7, 11) is 0. The molecule has 0 atom stereocenters. The lowest BCUT2D eigenvalue weighted by atomic mass is 9.89. The number of nitrogens with zero attached hydrogens (tertiary/aromatic N) is 1. The van der Waals surface area contributed by atoms with E-state index in [1.165, 1.54) is 28.9 Å². The van der Waals surface area contributed by atoms with E-state index < -0.39 is 30.2 Å². The predicted molar refractivity (Wildman–Crippen MR) is 133 cm³/mol. The summed E-state index contributed by atoms with van der Waals surface area (Å²) in [5, 5.41) is 4.89. The number of hydrogen-bond donors (Lipinski definition) is 1. The Kier molecular flexibility index (Phi) is 6.21. The van der Waals surface area contributed by atoms with Crippen molar-refractivity contribution in [2.24, 2.45) is 0 Å². The highest BCUT2D eigenvalue weighted by Gasteiger charge is 2.36. The molecule has 8 heteroatoms. The van der Waals surface area contributed by atoms with Gasteiger partial charge in [0.2, 0.25) is 5.91 Å². The van der Waals surface area contributed by atoms with E-state index in [1.807, 2.05) is 11.4 Å². The van der Waals surface area contributed by atoms with Crippen LogP contribution in [0, 0.1) is 0 Å². The van der Waals surface area contributed by atoms with Gasteiger partial charge >= 0.3 is 5.97 Å². The third kappa shape index (κ3) is 4.25. The van der Waals surface area contributed by atoms with E-state index in [0.717, 1.165) is 29.7 Å². The average Bonchev–Trinajstić information content (AvgIpc) is 3.39. The molecule has 2 heterocycles. The van der Waals surface area contributed by atoms with E-state index >= 15 is 0 Å². The number of esters is 1. The number of nitrogens with one attached hydrogen (secondary N) is 1. The van der Waals surface area contributed by atoms with Gasteiger partial charge in [-0.15, -0.1) is 11.3 Å². The Morgan fingerprint density at radius 2 is 1.66 bits per heavy atom. The first-order valence-electron chi connectivity index (χ1n) is 11.6. The van der Waals surface area contributed by atoms with E-state index in [2.05, 4.69) is 17.4 Å². The topological polar surface area (TPSA) is 92.8 Å². The van der Waals surface area contributed by atoms with Crippen molar-refractivity contribution in [1.82, 2.24) is 4.90 Å². The van der Waals surface area contributed by atoms with Crippen molar-refractivity contribution in [2.75, 3.05) is 18.5 Å².